The van der Waals surface area contributed by atoms with Crippen LogP contribution < -0.4 is 5.73 Å². The number of nitrogens with zero attached hydrogens (tertiary/aromatic N) is 2. The third-order valence-corrected chi connectivity index (χ3v) is 3.85. The highest BCUT2D eigenvalue weighted by Crippen LogP contribution is 2.11. The lowest BCUT2D eigenvalue weighted by Crippen LogP contribution is -2.54. The number of amides is 1. The molecule has 1 fully saturated rings. The molecule has 0 radical (unpaired) electrons. The van der Waals surface area contributed by atoms with Crippen molar-refractivity contribution in [3.05, 3.63) is 0 Å². The van der Waals surface area contributed by atoms with Crippen molar-refractivity contribution in [2.75, 3.05) is 32.7 Å². The molecule has 0 aromatic rings. The maximum atomic E-state index is 12.2. The van der Waals surface area contributed by atoms with Crippen molar-refractivity contribution in [2.45, 2.75) is 40.2 Å². The molecular weight excluding hydrogens is 297 g/mol. The maximum Gasteiger partial charge on any atom is 0.239 e. The minimum Gasteiger partial charge on any atom is -0.339 e. The second kappa shape index (κ2) is 10.7. The van der Waals surface area contributed by atoms with Gasteiger partial charge in [0.05, 0.1) is 6.04 Å². The van der Waals surface area contributed by atoms with Gasteiger partial charge in [-0.3, -0.25) is 9.69 Å². The van der Waals surface area contributed by atoms with Crippen LogP contribution in [0.3, 0.4) is 0 Å². The van der Waals surface area contributed by atoms with E-state index in [0.29, 0.717) is 5.92 Å². The largest absolute Gasteiger partial charge is 0.339 e. The Bertz CT molecular complexity index is 269. The minimum atomic E-state index is -0.327. The van der Waals surface area contributed by atoms with E-state index in [9.17, 15) is 4.79 Å². The predicted molar refractivity (Wildman–Crippen MR) is 89.8 cm³/mol. The van der Waals surface area contributed by atoms with Gasteiger partial charge in [-0.25, -0.2) is 0 Å². The molecule has 0 saturated carbocycles. The van der Waals surface area contributed by atoms with Crippen LogP contribution in [-0.4, -0.2) is 54.5 Å². The van der Waals surface area contributed by atoms with Crippen LogP contribution in [0.25, 0.3) is 0 Å². The Labute approximate surface area is 136 Å². The summed E-state index contributed by atoms with van der Waals surface area (Å²) in [6.07, 6.45) is 0.959. The van der Waals surface area contributed by atoms with Gasteiger partial charge in [0.2, 0.25) is 5.91 Å². The molecule has 1 aliphatic rings. The van der Waals surface area contributed by atoms with Crippen molar-refractivity contribution in [3.63, 3.8) is 0 Å². The topological polar surface area (TPSA) is 49.6 Å². The molecule has 1 heterocycles. The first kappa shape index (κ1) is 22.3. The number of nitrogens with two attached hydrogens (primary N) is 1. The second-order valence-electron chi connectivity index (χ2n) is 5.93. The molecule has 0 bridgehead atoms. The summed E-state index contributed by atoms with van der Waals surface area (Å²) in [7, 11) is 0. The van der Waals surface area contributed by atoms with Crippen molar-refractivity contribution in [2.24, 2.45) is 17.6 Å². The van der Waals surface area contributed by atoms with Crippen LogP contribution in [0.4, 0.5) is 0 Å². The molecule has 1 saturated heterocycles. The quantitative estimate of drug-likeness (QED) is 0.840. The van der Waals surface area contributed by atoms with Gasteiger partial charge in [-0.1, -0.05) is 34.1 Å². The Balaban J connectivity index is 0. The van der Waals surface area contributed by atoms with Crippen LogP contribution in [0.1, 0.15) is 34.1 Å². The van der Waals surface area contributed by atoms with Crippen LogP contribution in [-0.2, 0) is 4.79 Å². The van der Waals surface area contributed by atoms with E-state index in [1.54, 1.807) is 0 Å². The molecule has 122 valence electrons. The molecule has 1 amide bonds. The minimum absolute atomic E-state index is 0. The summed E-state index contributed by atoms with van der Waals surface area (Å²) in [5.41, 5.74) is 6.01. The van der Waals surface area contributed by atoms with Gasteiger partial charge in [0.1, 0.15) is 0 Å². The maximum absolute atomic E-state index is 12.2. The average molecular weight is 328 g/mol. The first-order valence-corrected chi connectivity index (χ1v) is 7.22. The molecule has 20 heavy (non-hydrogen) atoms. The van der Waals surface area contributed by atoms with Crippen molar-refractivity contribution in [1.82, 2.24) is 9.80 Å². The van der Waals surface area contributed by atoms with Crippen molar-refractivity contribution >= 4 is 30.7 Å². The molecule has 0 spiro atoms. The van der Waals surface area contributed by atoms with E-state index in [1.165, 1.54) is 0 Å². The van der Waals surface area contributed by atoms with Crippen LogP contribution in [0.5, 0.6) is 0 Å². The van der Waals surface area contributed by atoms with Crippen LogP contribution in [0.15, 0.2) is 0 Å². The van der Waals surface area contributed by atoms with Crippen molar-refractivity contribution in [3.8, 4) is 0 Å². The van der Waals surface area contributed by atoms with Gasteiger partial charge in [-0.05, 0) is 11.8 Å². The van der Waals surface area contributed by atoms with E-state index < -0.39 is 0 Å². The summed E-state index contributed by atoms with van der Waals surface area (Å²) in [5, 5.41) is 0. The van der Waals surface area contributed by atoms with Crippen LogP contribution in [0, 0.1) is 11.8 Å². The summed E-state index contributed by atoms with van der Waals surface area (Å²) >= 11 is 0. The first-order chi connectivity index (χ1) is 8.45. The third-order valence-electron chi connectivity index (χ3n) is 3.85. The average Bonchev–Trinajstić information content (AvgIpc) is 2.36. The molecular formula is C14H31Cl2N3O. The lowest BCUT2D eigenvalue weighted by Gasteiger charge is -2.37. The number of piperazine rings is 1. The number of hydrogen-bond acceptors (Lipinski definition) is 3. The van der Waals surface area contributed by atoms with E-state index in [-0.39, 0.29) is 42.7 Å². The number of hydrogen-bond donors (Lipinski definition) is 1. The Morgan fingerprint density at radius 2 is 1.60 bits per heavy atom. The normalized spacial score (nSPS) is 19.0. The van der Waals surface area contributed by atoms with E-state index >= 15 is 0 Å². The summed E-state index contributed by atoms with van der Waals surface area (Å²) in [6.45, 7) is 13.3. The Morgan fingerprint density at radius 1 is 1.10 bits per heavy atom. The molecule has 1 rings (SSSR count). The van der Waals surface area contributed by atoms with E-state index in [0.717, 1.165) is 39.1 Å². The summed E-state index contributed by atoms with van der Waals surface area (Å²) in [5.74, 6) is 1.09. The summed E-state index contributed by atoms with van der Waals surface area (Å²) < 4.78 is 0. The molecule has 6 heteroatoms. The number of carbonyl (C=O) groups is 1. The van der Waals surface area contributed by atoms with E-state index in [2.05, 4.69) is 32.6 Å². The van der Waals surface area contributed by atoms with Crippen molar-refractivity contribution < 1.29 is 4.79 Å². The molecule has 4 nitrogen and oxygen atoms in total. The lowest BCUT2D eigenvalue weighted by atomic mass is 9.98. The smallest absolute Gasteiger partial charge is 0.239 e. The highest BCUT2D eigenvalue weighted by molar-refractivity contribution is 5.85. The monoisotopic (exact) mass is 327 g/mol. The number of halogens is 2. The highest BCUT2D eigenvalue weighted by atomic mass is 35.5. The fourth-order valence-corrected chi connectivity index (χ4v) is 2.38. The lowest BCUT2D eigenvalue weighted by molar-refractivity contribution is -0.135. The van der Waals surface area contributed by atoms with Gasteiger partial charge in [-0.15, -0.1) is 24.8 Å². The van der Waals surface area contributed by atoms with Gasteiger partial charge >= 0.3 is 0 Å². The SMILES string of the molecule is CCC(C)C(N)C(=O)N1CCN(CC(C)C)CC1.Cl.Cl. The van der Waals surface area contributed by atoms with Gasteiger partial charge in [0.15, 0.2) is 0 Å². The fraction of sp³-hybridized carbons (Fsp3) is 0.929. The molecule has 0 aromatic heterocycles. The number of rotatable bonds is 5. The van der Waals surface area contributed by atoms with Gasteiger partial charge < -0.3 is 10.6 Å². The third kappa shape index (κ3) is 6.61. The molecule has 0 aromatic carbocycles. The Kier molecular flexibility index (Phi) is 11.9. The van der Waals surface area contributed by atoms with Crippen molar-refractivity contribution in [1.29, 1.82) is 0 Å². The molecule has 2 unspecified atom stereocenters. The summed E-state index contributed by atoms with van der Waals surface area (Å²) in [4.78, 5) is 16.6. The zero-order chi connectivity index (χ0) is 13.7. The molecule has 0 aliphatic carbocycles. The van der Waals surface area contributed by atoms with Crippen LogP contribution in [0.2, 0.25) is 0 Å². The summed E-state index contributed by atoms with van der Waals surface area (Å²) in [6, 6.07) is -0.327. The Morgan fingerprint density at radius 3 is 2.00 bits per heavy atom. The van der Waals surface area contributed by atoms with Crippen LogP contribution >= 0.6 is 24.8 Å². The van der Waals surface area contributed by atoms with Gasteiger partial charge in [-0.2, -0.15) is 0 Å². The molecule has 1 aliphatic heterocycles. The van der Waals surface area contributed by atoms with E-state index in [4.69, 9.17) is 5.73 Å². The Hall–Kier alpha value is -0.0300. The second-order valence-corrected chi connectivity index (χ2v) is 5.93. The molecule has 2 N–H and O–H groups in total. The standard InChI is InChI=1S/C14H29N3O.2ClH/c1-5-12(4)13(15)14(18)17-8-6-16(7-9-17)10-11(2)3;;/h11-13H,5-10,15H2,1-4H3;2*1H. The van der Waals surface area contributed by atoms with E-state index in [1.807, 2.05) is 4.90 Å². The number of carbonyl (C=O) groups excluding carboxylic acids is 1. The fourth-order valence-electron chi connectivity index (χ4n) is 2.38. The first-order valence-electron chi connectivity index (χ1n) is 7.22. The highest BCUT2D eigenvalue weighted by Gasteiger charge is 2.27. The predicted octanol–water partition coefficient (Wildman–Crippen LogP) is 2.00. The van der Waals surface area contributed by atoms with Gasteiger partial charge in [0.25, 0.3) is 0 Å². The zero-order valence-electron chi connectivity index (χ0n) is 13.2. The molecule has 2 atom stereocenters. The zero-order valence-corrected chi connectivity index (χ0v) is 14.8. The van der Waals surface area contributed by atoms with Gasteiger partial charge in [0, 0.05) is 32.7 Å².